The molecule has 5 aliphatic heterocycles. The number of benzene rings is 1. The predicted molar refractivity (Wildman–Crippen MR) is 78.9 cm³/mol. The second-order valence-corrected chi connectivity index (χ2v) is 7.51. The Bertz CT molecular complexity index is 574. The molecule has 0 saturated carbocycles. The highest BCUT2D eigenvalue weighted by Crippen LogP contribution is 2.39. The first-order chi connectivity index (χ1) is 10.2. The van der Waals surface area contributed by atoms with E-state index < -0.39 is 0 Å². The van der Waals surface area contributed by atoms with Crippen molar-refractivity contribution in [2.75, 3.05) is 46.8 Å². The number of quaternary nitrogens is 1. The van der Waals surface area contributed by atoms with Gasteiger partial charge in [-0.1, -0.05) is 15.9 Å². The smallest absolute Gasteiger partial charge is 0.231 e. The molecule has 4 saturated heterocycles. The average Bonchev–Trinajstić information content (AvgIpc) is 2.84. The minimum Gasteiger partial charge on any atom is -0.454 e. The SMILES string of the molecule is Brc1cc2c(cc1C[N+]13CN4CN(CN(C4)C1)C3)OCO2. The Morgan fingerprint density at radius 2 is 1.52 bits per heavy atom. The lowest BCUT2D eigenvalue weighted by molar-refractivity contribution is -0.991. The molecule has 4 bridgehead atoms. The fourth-order valence-electron chi connectivity index (χ4n) is 4.25. The Morgan fingerprint density at radius 1 is 0.952 bits per heavy atom. The zero-order chi connectivity index (χ0) is 14.0. The maximum Gasteiger partial charge on any atom is 0.231 e. The Kier molecular flexibility index (Phi) is 2.61. The topological polar surface area (TPSA) is 28.2 Å². The third-order valence-electron chi connectivity index (χ3n) is 4.75. The van der Waals surface area contributed by atoms with E-state index in [2.05, 4.69) is 36.7 Å². The van der Waals surface area contributed by atoms with Crippen LogP contribution in [0.1, 0.15) is 5.56 Å². The Morgan fingerprint density at radius 3 is 2.14 bits per heavy atom. The maximum absolute atomic E-state index is 5.53. The molecule has 6 rings (SSSR count). The lowest BCUT2D eigenvalue weighted by atomic mass is 10.1. The van der Waals surface area contributed by atoms with Crippen LogP contribution in [0.25, 0.3) is 0 Å². The summed E-state index contributed by atoms with van der Waals surface area (Å²) in [4.78, 5) is 7.62. The van der Waals surface area contributed by atoms with Gasteiger partial charge in [-0.2, -0.15) is 0 Å². The van der Waals surface area contributed by atoms with Gasteiger partial charge in [0.25, 0.3) is 0 Å². The number of nitrogens with zero attached hydrogens (tertiary/aromatic N) is 4. The van der Waals surface area contributed by atoms with E-state index in [0.717, 1.165) is 67.0 Å². The molecule has 4 fully saturated rings. The number of ether oxygens (including phenoxy) is 2. The monoisotopic (exact) mass is 353 g/mol. The first kappa shape index (κ1) is 12.7. The molecular weight excluding hydrogens is 336 g/mol. The van der Waals surface area contributed by atoms with Gasteiger partial charge in [0.2, 0.25) is 6.79 Å². The molecule has 5 aliphatic rings. The van der Waals surface area contributed by atoms with Crippen molar-refractivity contribution >= 4 is 15.9 Å². The molecule has 0 radical (unpaired) electrons. The highest BCUT2D eigenvalue weighted by atomic mass is 79.9. The zero-order valence-corrected chi connectivity index (χ0v) is 13.4. The van der Waals surface area contributed by atoms with Crippen molar-refractivity contribution in [1.29, 1.82) is 0 Å². The molecule has 5 heterocycles. The fraction of sp³-hybridized carbons (Fsp3) is 0.571. The van der Waals surface area contributed by atoms with Crippen molar-refractivity contribution in [2.24, 2.45) is 0 Å². The van der Waals surface area contributed by atoms with Gasteiger partial charge in [-0.05, 0) is 12.1 Å². The van der Waals surface area contributed by atoms with E-state index in [1.54, 1.807) is 0 Å². The van der Waals surface area contributed by atoms with E-state index in [4.69, 9.17) is 9.47 Å². The summed E-state index contributed by atoms with van der Waals surface area (Å²) in [5, 5.41) is 0. The van der Waals surface area contributed by atoms with Crippen molar-refractivity contribution in [3.05, 3.63) is 22.2 Å². The van der Waals surface area contributed by atoms with Crippen LogP contribution in [0.3, 0.4) is 0 Å². The minimum absolute atomic E-state index is 0.334. The summed E-state index contributed by atoms with van der Waals surface area (Å²) in [7, 11) is 0. The van der Waals surface area contributed by atoms with Crippen molar-refractivity contribution in [1.82, 2.24) is 14.7 Å². The van der Waals surface area contributed by atoms with Crippen molar-refractivity contribution in [3.8, 4) is 11.5 Å². The van der Waals surface area contributed by atoms with E-state index in [1.807, 2.05) is 6.07 Å². The van der Waals surface area contributed by atoms with E-state index in [1.165, 1.54) is 5.56 Å². The highest BCUT2D eigenvalue weighted by molar-refractivity contribution is 9.10. The largest absolute Gasteiger partial charge is 0.454 e. The lowest BCUT2D eigenvalue weighted by Crippen LogP contribution is -2.78. The summed E-state index contributed by atoms with van der Waals surface area (Å²) >= 11 is 3.70. The Balaban J connectivity index is 1.47. The number of hydrogen-bond donors (Lipinski definition) is 0. The number of fused-ring (bicyclic) bond motifs is 1. The first-order valence-electron chi connectivity index (χ1n) is 7.29. The van der Waals surface area contributed by atoms with Gasteiger partial charge in [0.05, 0.1) is 20.0 Å². The molecule has 0 atom stereocenters. The van der Waals surface area contributed by atoms with Gasteiger partial charge in [-0.15, -0.1) is 0 Å². The van der Waals surface area contributed by atoms with E-state index in [0.29, 0.717) is 6.79 Å². The number of hydrogen-bond acceptors (Lipinski definition) is 5. The molecular formula is C14H18BrN4O2+. The summed E-state index contributed by atoms with van der Waals surface area (Å²) in [5.74, 6) is 1.72. The van der Waals surface area contributed by atoms with Crippen LogP contribution in [-0.4, -0.2) is 66.0 Å². The molecule has 0 spiro atoms. The molecule has 0 aliphatic carbocycles. The van der Waals surface area contributed by atoms with Crippen LogP contribution in [0.2, 0.25) is 0 Å². The van der Waals surface area contributed by atoms with Crippen molar-refractivity contribution in [3.63, 3.8) is 0 Å². The first-order valence-corrected chi connectivity index (χ1v) is 8.09. The Labute approximate surface area is 132 Å². The van der Waals surface area contributed by atoms with Crippen molar-refractivity contribution in [2.45, 2.75) is 6.54 Å². The molecule has 6 nitrogen and oxygen atoms in total. The van der Waals surface area contributed by atoms with Crippen LogP contribution in [0.5, 0.6) is 11.5 Å². The van der Waals surface area contributed by atoms with Gasteiger partial charge in [0, 0.05) is 10.0 Å². The number of halogens is 1. The van der Waals surface area contributed by atoms with Crippen molar-refractivity contribution < 1.29 is 14.0 Å². The van der Waals surface area contributed by atoms with Gasteiger partial charge in [0.1, 0.15) is 26.6 Å². The van der Waals surface area contributed by atoms with Crippen LogP contribution < -0.4 is 9.47 Å². The van der Waals surface area contributed by atoms with Gasteiger partial charge < -0.3 is 9.47 Å². The maximum atomic E-state index is 5.53. The van der Waals surface area contributed by atoms with Gasteiger partial charge in [-0.25, -0.2) is 14.7 Å². The summed E-state index contributed by atoms with van der Waals surface area (Å²) in [5.41, 5.74) is 1.31. The third kappa shape index (κ3) is 1.99. The van der Waals surface area contributed by atoms with E-state index in [-0.39, 0.29) is 0 Å². The molecule has 0 aromatic heterocycles. The quantitative estimate of drug-likeness (QED) is 0.744. The summed E-state index contributed by atoms with van der Waals surface area (Å²) in [6, 6.07) is 4.19. The lowest BCUT2D eigenvalue weighted by Gasteiger charge is -2.60. The fourth-order valence-corrected chi connectivity index (χ4v) is 4.70. The molecule has 1 aromatic carbocycles. The molecule has 21 heavy (non-hydrogen) atoms. The standard InChI is InChI=1S/C14H18BrN4O2/c15-12-2-14-13(20-10-21-14)1-11(12)3-19-7-16-4-17(8-19)6-18(5-16)9-19/h1-2H,3-10H2/q+1. The van der Waals surface area contributed by atoms with Crippen LogP contribution >= 0.6 is 15.9 Å². The van der Waals surface area contributed by atoms with Gasteiger partial charge >= 0.3 is 0 Å². The molecule has 7 heteroatoms. The summed E-state index contributed by atoms with van der Waals surface area (Å²) < 4.78 is 13.2. The zero-order valence-electron chi connectivity index (χ0n) is 11.8. The van der Waals surface area contributed by atoms with Gasteiger partial charge in [-0.3, -0.25) is 4.48 Å². The molecule has 0 amide bonds. The van der Waals surface area contributed by atoms with E-state index in [9.17, 15) is 0 Å². The molecule has 1 aromatic rings. The normalized spacial score (nSPS) is 39.0. The summed E-state index contributed by atoms with van der Waals surface area (Å²) in [6.07, 6.45) is 0. The molecule has 0 N–H and O–H groups in total. The van der Waals surface area contributed by atoms with Crippen LogP contribution in [0.15, 0.2) is 16.6 Å². The second kappa shape index (κ2) is 4.33. The second-order valence-electron chi connectivity index (χ2n) is 6.66. The van der Waals surface area contributed by atoms with Crippen LogP contribution in [-0.2, 0) is 6.54 Å². The Hall–Kier alpha value is -0.860. The highest BCUT2D eigenvalue weighted by Gasteiger charge is 2.48. The van der Waals surface area contributed by atoms with Crippen LogP contribution in [0.4, 0.5) is 0 Å². The third-order valence-corrected chi connectivity index (χ3v) is 5.49. The summed E-state index contributed by atoms with van der Waals surface area (Å²) in [6.45, 7) is 8.17. The van der Waals surface area contributed by atoms with Crippen LogP contribution in [0, 0.1) is 0 Å². The molecule has 112 valence electrons. The molecule has 0 unspecified atom stereocenters. The minimum atomic E-state index is 0.334. The van der Waals surface area contributed by atoms with Gasteiger partial charge in [0.15, 0.2) is 11.5 Å². The number of rotatable bonds is 2. The predicted octanol–water partition coefficient (Wildman–Crippen LogP) is 1.19. The van der Waals surface area contributed by atoms with E-state index >= 15 is 0 Å². The average molecular weight is 354 g/mol.